The molecule has 0 radical (unpaired) electrons. The van der Waals surface area contributed by atoms with Crippen molar-refractivity contribution < 1.29 is 0 Å². The third-order valence-corrected chi connectivity index (χ3v) is 5.62. The lowest BCUT2D eigenvalue weighted by atomic mass is 9.76. The van der Waals surface area contributed by atoms with Gasteiger partial charge in [-0.3, -0.25) is 0 Å². The Bertz CT molecular complexity index is 359. The summed E-state index contributed by atoms with van der Waals surface area (Å²) in [6, 6.07) is 11.2. The van der Waals surface area contributed by atoms with Gasteiger partial charge in [0.15, 0.2) is 0 Å². The molecule has 0 aliphatic heterocycles. The van der Waals surface area contributed by atoms with E-state index in [0.29, 0.717) is 0 Å². The average molecular weight is 287 g/mol. The molecule has 0 bridgehead atoms. The van der Waals surface area contributed by atoms with Crippen molar-refractivity contribution in [3.05, 3.63) is 35.9 Å². The van der Waals surface area contributed by atoms with Crippen LogP contribution in [-0.2, 0) is 0 Å². The molecular weight excluding hydrogens is 252 g/mol. The summed E-state index contributed by atoms with van der Waals surface area (Å²) in [6.45, 7) is 4.69. The molecule has 0 nitrogen and oxygen atoms in total. The second-order valence-electron chi connectivity index (χ2n) is 7.12. The van der Waals surface area contributed by atoms with Gasteiger partial charge in [-0.05, 0) is 49.0 Å². The van der Waals surface area contributed by atoms with E-state index >= 15 is 0 Å². The molecule has 1 fully saturated rings. The maximum atomic E-state index is 2.37. The molecule has 21 heavy (non-hydrogen) atoms. The maximum Gasteiger partial charge on any atom is -0.0162 e. The van der Waals surface area contributed by atoms with Gasteiger partial charge in [0.1, 0.15) is 0 Å². The molecule has 1 atom stereocenters. The fourth-order valence-electron chi connectivity index (χ4n) is 4.17. The lowest BCUT2D eigenvalue weighted by Gasteiger charge is -2.29. The predicted molar refractivity (Wildman–Crippen MR) is 93.7 cm³/mol. The van der Waals surface area contributed by atoms with Gasteiger partial charge in [-0.2, -0.15) is 0 Å². The molecule has 0 saturated heterocycles. The first-order valence-corrected chi connectivity index (χ1v) is 9.38. The summed E-state index contributed by atoms with van der Waals surface area (Å²) in [7, 11) is 0. The quantitative estimate of drug-likeness (QED) is 0.484. The number of rotatable bonds is 8. The van der Waals surface area contributed by atoms with Crippen molar-refractivity contribution in [2.75, 3.05) is 0 Å². The Morgan fingerprint density at radius 3 is 2.29 bits per heavy atom. The molecule has 0 heteroatoms. The largest absolute Gasteiger partial charge is 0.0654 e. The molecule has 0 heterocycles. The van der Waals surface area contributed by atoms with Gasteiger partial charge in [0.2, 0.25) is 0 Å². The first-order valence-electron chi connectivity index (χ1n) is 9.38. The van der Waals surface area contributed by atoms with E-state index in [-0.39, 0.29) is 0 Å². The second-order valence-corrected chi connectivity index (χ2v) is 7.12. The van der Waals surface area contributed by atoms with E-state index in [0.717, 1.165) is 17.8 Å². The number of benzene rings is 1. The van der Waals surface area contributed by atoms with Crippen molar-refractivity contribution in [3.8, 4) is 0 Å². The minimum absolute atomic E-state index is 0.839. The maximum absolute atomic E-state index is 2.37. The van der Waals surface area contributed by atoms with Gasteiger partial charge in [0.05, 0.1) is 0 Å². The SMILES string of the molecule is CCCC(CC)CCCC1CCC(c2ccccc2)CC1. The summed E-state index contributed by atoms with van der Waals surface area (Å²) in [5.41, 5.74) is 1.57. The molecule has 1 unspecified atom stereocenters. The monoisotopic (exact) mass is 286 g/mol. The van der Waals surface area contributed by atoms with E-state index in [1.807, 2.05) is 0 Å². The van der Waals surface area contributed by atoms with E-state index < -0.39 is 0 Å². The minimum Gasteiger partial charge on any atom is -0.0654 e. The van der Waals surface area contributed by atoms with Crippen LogP contribution in [0.5, 0.6) is 0 Å². The topological polar surface area (TPSA) is 0 Å². The Kier molecular flexibility index (Phi) is 7.33. The van der Waals surface area contributed by atoms with E-state index in [1.54, 1.807) is 5.56 Å². The highest BCUT2D eigenvalue weighted by Gasteiger charge is 2.22. The molecule has 0 amide bonds. The van der Waals surface area contributed by atoms with Crippen LogP contribution in [-0.4, -0.2) is 0 Å². The standard InChI is InChI=1S/C21H34/c1-3-9-18(4-2)10-8-11-19-14-16-21(17-15-19)20-12-6-5-7-13-20/h5-7,12-13,18-19,21H,3-4,8-11,14-17H2,1-2H3. The third-order valence-electron chi connectivity index (χ3n) is 5.62. The van der Waals surface area contributed by atoms with E-state index in [4.69, 9.17) is 0 Å². The average Bonchev–Trinajstić information content (AvgIpc) is 2.55. The van der Waals surface area contributed by atoms with Gasteiger partial charge < -0.3 is 0 Å². The summed E-state index contributed by atoms with van der Waals surface area (Å²) >= 11 is 0. The van der Waals surface area contributed by atoms with Crippen molar-refractivity contribution in [2.24, 2.45) is 11.8 Å². The highest BCUT2D eigenvalue weighted by molar-refractivity contribution is 5.19. The van der Waals surface area contributed by atoms with Crippen LogP contribution in [0, 0.1) is 11.8 Å². The molecule has 2 rings (SSSR count). The van der Waals surface area contributed by atoms with Gasteiger partial charge in [0.25, 0.3) is 0 Å². The second kappa shape index (κ2) is 9.28. The van der Waals surface area contributed by atoms with Crippen molar-refractivity contribution in [3.63, 3.8) is 0 Å². The highest BCUT2D eigenvalue weighted by atomic mass is 14.3. The Hall–Kier alpha value is -0.780. The lowest BCUT2D eigenvalue weighted by Crippen LogP contribution is -2.13. The van der Waals surface area contributed by atoms with Crippen LogP contribution >= 0.6 is 0 Å². The van der Waals surface area contributed by atoms with Gasteiger partial charge in [-0.15, -0.1) is 0 Å². The molecule has 1 saturated carbocycles. The molecule has 1 aromatic rings. The predicted octanol–water partition coefficient (Wildman–Crippen LogP) is 6.96. The Morgan fingerprint density at radius 2 is 1.67 bits per heavy atom. The highest BCUT2D eigenvalue weighted by Crippen LogP contribution is 2.37. The number of hydrogen-bond donors (Lipinski definition) is 0. The molecule has 1 aromatic carbocycles. The van der Waals surface area contributed by atoms with Gasteiger partial charge in [-0.1, -0.05) is 82.7 Å². The summed E-state index contributed by atoms with van der Waals surface area (Å²) < 4.78 is 0. The lowest BCUT2D eigenvalue weighted by molar-refractivity contribution is 0.291. The Morgan fingerprint density at radius 1 is 0.952 bits per heavy atom. The zero-order valence-electron chi connectivity index (χ0n) is 14.2. The van der Waals surface area contributed by atoms with Crippen molar-refractivity contribution in [1.29, 1.82) is 0 Å². The van der Waals surface area contributed by atoms with E-state index in [2.05, 4.69) is 44.2 Å². The molecule has 1 aliphatic rings. The van der Waals surface area contributed by atoms with Crippen LogP contribution in [0.25, 0.3) is 0 Å². The van der Waals surface area contributed by atoms with E-state index in [9.17, 15) is 0 Å². The van der Waals surface area contributed by atoms with Gasteiger partial charge >= 0.3 is 0 Å². The van der Waals surface area contributed by atoms with Crippen molar-refractivity contribution in [2.45, 2.75) is 84.0 Å². The van der Waals surface area contributed by atoms with Crippen LogP contribution in [0.15, 0.2) is 30.3 Å². The normalized spacial score (nSPS) is 23.9. The molecule has 0 N–H and O–H groups in total. The van der Waals surface area contributed by atoms with Crippen molar-refractivity contribution in [1.82, 2.24) is 0 Å². The van der Waals surface area contributed by atoms with Crippen molar-refractivity contribution >= 4 is 0 Å². The minimum atomic E-state index is 0.839. The van der Waals surface area contributed by atoms with Crippen LogP contribution in [0.4, 0.5) is 0 Å². The first kappa shape index (κ1) is 16.6. The number of hydrogen-bond acceptors (Lipinski definition) is 0. The van der Waals surface area contributed by atoms with Gasteiger partial charge in [0, 0.05) is 0 Å². The molecule has 1 aliphatic carbocycles. The zero-order chi connectivity index (χ0) is 14.9. The zero-order valence-corrected chi connectivity index (χ0v) is 14.2. The fraction of sp³-hybridized carbons (Fsp3) is 0.714. The fourth-order valence-corrected chi connectivity index (χ4v) is 4.17. The van der Waals surface area contributed by atoms with Crippen LogP contribution in [0.2, 0.25) is 0 Å². The summed E-state index contributed by atoms with van der Waals surface area (Å²) in [5.74, 6) is 2.85. The Balaban J connectivity index is 1.65. The molecule has 0 aromatic heterocycles. The Labute approximate surface area is 132 Å². The summed E-state index contributed by atoms with van der Waals surface area (Å²) in [4.78, 5) is 0. The van der Waals surface area contributed by atoms with Crippen LogP contribution in [0.3, 0.4) is 0 Å². The molecule has 0 spiro atoms. The van der Waals surface area contributed by atoms with Gasteiger partial charge in [-0.25, -0.2) is 0 Å². The smallest absolute Gasteiger partial charge is 0.0162 e. The van der Waals surface area contributed by atoms with Crippen LogP contribution < -0.4 is 0 Å². The third kappa shape index (κ3) is 5.49. The molecular formula is C21H34. The first-order chi connectivity index (χ1) is 10.3. The summed E-state index contributed by atoms with van der Waals surface area (Å²) in [5, 5.41) is 0. The van der Waals surface area contributed by atoms with E-state index in [1.165, 1.54) is 64.2 Å². The van der Waals surface area contributed by atoms with Crippen LogP contribution in [0.1, 0.15) is 89.5 Å². The summed E-state index contributed by atoms with van der Waals surface area (Å²) in [6.07, 6.45) is 14.4. The molecule has 118 valence electrons.